The van der Waals surface area contributed by atoms with Gasteiger partial charge in [-0.25, -0.2) is 0 Å². The minimum atomic E-state index is -0.160. The fourth-order valence-corrected chi connectivity index (χ4v) is 1.29. The number of ether oxygens (including phenoxy) is 1. The van der Waals surface area contributed by atoms with E-state index in [1.807, 2.05) is 19.1 Å². The number of hydrogen-bond acceptors (Lipinski definition) is 2. The van der Waals surface area contributed by atoms with Gasteiger partial charge in [-0.15, -0.1) is 0 Å². The first-order valence-corrected chi connectivity index (χ1v) is 5.69. The van der Waals surface area contributed by atoms with E-state index in [1.165, 1.54) is 0 Å². The summed E-state index contributed by atoms with van der Waals surface area (Å²) in [7, 11) is 0. The van der Waals surface area contributed by atoms with Crippen molar-refractivity contribution in [2.45, 2.75) is 6.92 Å². The molecule has 0 saturated carbocycles. The van der Waals surface area contributed by atoms with Crippen LogP contribution in [0.2, 0.25) is 5.02 Å². The number of nitrogens with one attached hydrogen (secondary N) is 1. The molecule has 0 aliphatic rings. The Hall–Kier alpha value is -1.50. The van der Waals surface area contributed by atoms with Gasteiger partial charge in [-0.05, 0) is 25.1 Å². The number of hydrogen-bond donors (Lipinski definition) is 1. The van der Waals surface area contributed by atoms with Gasteiger partial charge in [0.2, 0.25) is 5.91 Å². The Bertz CT molecular complexity index is 435. The van der Waals surface area contributed by atoms with Crippen molar-refractivity contribution in [3.8, 4) is 11.8 Å². The zero-order valence-electron chi connectivity index (χ0n) is 9.63. The number of benzene rings is 1. The van der Waals surface area contributed by atoms with E-state index in [4.69, 9.17) is 16.3 Å². The molecule has 1 rings (SSSR count). The molecule has 1 amide bonds. The summed E-state index contributed by atoms with van der Waals surface area (Å²) in [5, 5.41) is 3.28. The maximum absolute atomic E-state index is 11.1. The van der Waals surface area contributed by atoms with Gasteiger partial charge in [-0.3, -0.25) is 4.79 Å². The van der Waals surface area contributed by atoms with E-state index < -0.39 is 0 Å². The summed E-state index contributed by atoms with van der Waals surface area (Å²) in [6.07, 6.45) is 0. The monoisotopic (exact) mass is 251 g/mol. The molecule has 90 valence electrons. The van der Waals surface area contributed by atoms with Crippen molar-refractivity contribution in [3.05, 3.63) is 34.9 Å². The summed E-state index contributed by atoms with van der Waals surface area (Å²) >= 11 is 5.81. The average molecular weight is 252 g/mol. The summed E-state index contributed by atoms with van der Waals surface area (Å²) < 4.78 is 4.95. The minimum Gasteiger partial charge on any atom is -0.372 e. The molecule has 0 aliphatic carbocycles. The Morgan fingerprint density at radius 3 is 3.06 bits per heavy atom. The quantitative estimate of drug-likeness (QED) is 0.830. The van der Waals surface area contributed by atoms with Crippen molar-refractivity contribution in [1.29, 1.82) is 0 Å². The van der Waals surface area contributed by atoms with Crippen LogP contribution in [0.4, 0.5) is 0 Å². The standard InChI is InChI=1S/C13H14ClNO2/c1-2-17-10-13(16)15-8-4-6-11-5-3-7-12(14)9-11/h3,5,7,9H,2,8,10H2,1H3,(H,15,16). The molecule has 1 aromatic rings. The lowest BCUT2D eigenvalue weighted by Crippen LogP contribution is -2.27. The maximum Gasteiger partial charge on any atom is 0.246 e. The molecule has 0 bridgehead atoms. The van der Waals surface area contributed by atoms with Crippen molar-refractivity contribution >= 4 is 17.5 Å². The highest BCUT2D eigenvalue weighted by Crippen LogP contribution is 2.08. The van der Waals surface area contributed by atoms with Gasteiger partial charge in [-0.1, -0.05) is 29.5 Å². The Morgan fingerprint density at radius 2 is 2.35 bits per heavy atom. The third-order valence-corrected chi connectivity index (χ3v) is 2.10. The van der Waals surface area contributed by atoms with E-state index in [0.29, 0.717) is 18.2 Å². The van der Waals surface area contributed by atoms with E-state index in [-0.39, 0.29) is 12.5 Å². The second-order valence-corrected chi connectivity index (χ2v) is 3.66. The number of carbonyl (C=O) groups is 1. The highest BCUT2D eigenvalue weighted by molar-refractivity contribution is 6.30. The molecule has 0 aliphatic heterocycles. The first-order chi connectivity index (χ1) is 8.22. The highest BCUT2D eigenvalue weighted by Gasteiger charge is 1.96. The predicted octanol–water partition coefficient (Wildman–Crippen LogP) is 1.84. The zero-order valence-corrected chi connectivity index (χ0v) is 10.4. The van der Waals surface area contributed by atoms with Crippen molar-refractivity contribution in [3.63, 3.8) is 0 Å². The minimum absolute atomic E-state index is 0.0787. The molecule has 0 saturated heterocycles. The van der Waals surface area contributed by atoms with E-state index in [2.05, 4.69) is 17.2 Å². The Balaban J connectivity index is 2.34. The van der Waals surface area contributed by atoms with Crippen molar-refractivity contribution in [2.24, 2.45) is 0 Å². The third-order valence-electron chi connectivity index (χ3n) is 1.87. The van der Waals surface area contributed by atoms with Gasteiger partial charge in [0.15, 0.2) is 0 Å². The molecule has 17 heavy (non-hydrogen) atoms. The summed E-state index contributed by atoms with van der Waals surface area (Å²) in [5.74, 6) is 5.59. The van der Waals surface area contributed by atoms with E-state index in [0.717, 1.165) is 5.56 Å². The zero-order chi connectivity index (χ0) is 12.5. The fourth-order valence-electron chi connectivity index (χ4n) is 1.10. The molecule has 0 heterocycles. The van der Waals surface area contributed by atoms with Gasteiger partial charge in [0.25, 0.3) is 0 Å². The van der Waals surface area contributed by atoms with Gasteiger partial charge >= 0.3 is 0 Å². The lowest BCUT2D eigenvalue weighted by Gasteiger charge is -2.00. The van der Waals surface area contributed by atoms with Gasteiger partial charge in [0.05, 0.1) is 6.54 Å². The van der Waals surface area contributed by atoms with Crippen LogP contribution in [0.15, 0.2) is 24.3 Å². The molecule has 0 atom stereocenters. The molecule has 0 unspecified atom stereocenters. The third kappa shape index (κ3) is 5.96. The van der Waals surface area contributed by atoms with Gasteiger partial charge in [0.1, 0.15) is 6.61 Å². The molecule has 1 N–H and O–H groups in total. The SMILES string of the molecule is CCOCC(=O)NCC#Cc1cccc(Cl)c1. The van der Waals surface area contributed by atoms with Crippen LogP contribution in [0.5, 0.6) is 0 Å². The molecule has 4 heteroatoms. The van der Waals surface area contributed by atoms with Crippen LogP contribution in [0, 0.1) is 11.8 Å². The Labute approximate surface area is 106 Å². The molecular formula is C13H14ClNO2. The average Bonchev–Trinajstić information content (AvgIpc) is 2.32. The lowest BCUT2D eigenvalue weighted by molar-refractivity contribution is -0.125. The number of amides is 1. The second kappa shape index (κ2) is 7.72. The molecule has 0 fully saturated rings. The summed E-state index contributed by atoms with van der Waals surface area (Å²) in [6.45, 7) is 2.75. The van der Waals surface area contributed by atoms with E-state index in [1.54, 1.807) is 12.1 Å². The Kier molecular flexibility index (Phi) is 6.16. The molecular weight excluding hydrogens is 238 g/mol. The van der Waals surface area contributed by atoms with Crippen molar-refractivity contribution in [2.75, 3.05) is 19.8 Å². The molecule has 0 radical (unpaired) electrons. The highest BCUT2D eigenvalue weighted by atomic mass is 35.5. The van der Waals surface area contributed by atoms with Crippen LogP contribution >= 0.6 is 11.6 Å². The molecule has 0 aromatic heterocycles. The van der Waals surface area contributed by atoms with Crippen LogP contribution in [-0.2, 0) is 9.53 Å². The van der Waals surface area contributed by atoms with Crippen molar-refractivity contribution < 1.29 is 9.53 Å². The lowest BCUT2D eigenvalue weighted by atomic mass is 10.2. The summed E-state index contributed by atoms with van der Waals surface area (Å²) in [6, 6.07) is 7.26. The van der Waals surface area contributed by atoms with Gasteiger partial charge in [0, 0.05) is 17.2 Å². The van der Waals surface area contributed by atoms with Crippen LogP contribution in [0.3, 0.4) is 0 Å². The number of carbonyl (C=O) groups excluding carboxylic acids is 1. The van der Waals surface area contributed by atoms with E-state index >= 15 is 0 Å². The van der Waals surface area contributed by atoms with Crippen LogP contribution < -0.4 is 5.32 Å². The topological polar surface area (TPSA) is 38.3 Å². The van der Waals surface area contributed by atoms with Crippen LogP contribution in [0.1, 0.15) is 12.5 Å². The molecule has 0 spiro atoms. The van der Waals surface area contributed by atoms with E-state index in [9.17, 15) is 4.79 Å². The number of rotatable bonds is 4. The van der Waals surface area contributed by atoms with Crippen LogP contribution in [-0.4, -0.2) is 25.7 Å². The predicted molar refractivity (Wildman–Crippen MR) is 67.8 cm³/mol. The van der Waals surface area contributed by atoms with Gasteiger partial charge < -0.3 is 10.1 Å². The molecule has 3 nitrogen and oxygen atoms in total. The summed E-state index contributed by atoms with van der Waals surface area (Å²) in [5.41, 5.74) is 0.830. The largest absolute Gasteiger partial charge is 0.372 e. The van der Waals surface area contributed by atoms with Gasteiger partial charge in [-0.2, -0.15) is 0 Å². The smallest absolute Gasteiger partial charge is 0.246 e. The Morgan fingerprint density at radius 1 is 1.53 bits per heavy atom. The fraction of sp³-hybridized carbons (Fsp3) is 0.308. The normalized spacial score (nSPS) is 9.29. The second-order valence-electron chi connectivity index (χ2n) is 3.23. The molecule has 1 aromatic carbocycles. The summed E-state index contributed by atoms with van der Waals surface area (Å²) in [4.78, 5) is 11.1. The first kappa shape index (κ1) is 13.6. The van der Waals surface area contributed by atoms with Crippen molar-refractivity contribution in [1.82, 2.24) is 5.32 Å². The first-order valence-electron chi connectivity index (χ1n) is 5.31. The maximum atomic E-state index is 11.1. The number of halogens is 1. The van der Waals surface area contributed by atoms with Crippen LogP contribution in [0.25, 0.3) is 0 Å².